The average Bonchev–Trinajstić information content (AvgIpc) is 3.03. The van der Waals surface area contributed by atoms with E-state index in [1.165, 1.54) is 6.33 Å². The Balaban J connectivity index is 1.98. The largest absolute Gasteiger partial charge is 0.372 e. The predicted molar refractivity (Wildman–Crippen MR) is 78.5 cm³/mol. The minimum Gasteiger partial charge on any atom is -0.372 e. The second kappa shape index (κ2) is 8.16. The molecule has 2 aromatic rings. The van der Waals surface area contributed by atoms with Gasteiger partial charge < -0.3 is 10.1 Å². The van der Waals surface area contributed by atoms with E-state index in [0.29, 0.717) is 13.2 Å². The van der Waals surface area contributed by atoms with Gasteiger partial charge in [0.05, 0.1) is 6.04 Å². The van der Waals surface area contributed by atoms with Crippen LogP contribution in [0.5, 0.6) is 0 Å². The highest BCUT2D eigenvalue weighted by Gasteiger charge is 2.14. The predicted octanol–water partition coefficient (Wildman–Crippen LogP) is 1.56. The van der Waals surface area contributed by atoms with Gasteiger partial charge >= 0.3 is 0 Å². The van der Waals surface area contributed by atoms with Crippen LogP contribution >= 0.6 is 0 Å². The molecule has 0 spiro atoms. The van der Waals surface area contributed by atoms with Crippen molar-refractivity contribution in [2.75, 3.05) is 13.2 Å². The summed E-state index contributed by atoms with van der Waals surface area (Å²) in [6.45, 7) is 3.17. The highest BCUT2D eigenvalue weighted by Crippen LogP contribution is 2.17. The van der Waals surface area contributed by atoms with Crippen molar-refractivity contribution in [3.63, 3.8) is 0 Å². The van der Waals surface area contributed by atoms with Gasteiger partial charge in [0, 0.05) is 13.2 Å². The number of hydrogen-bond donors (Lipinski definition) is 1. The SMILES string of the molecule is CCOCC(=O)N[C@@H](CCn1cncn1)c1ccccc1. The molecule has 0 bridgehead atoms. The van der Waals surface area contributed by atoms with Gasteiger partial charge in [-0.2, -0.15) is 5.10 Å². The molecule has 0 aliphatic heterocycles. The van der Waals surface area contributed by atoms with E-state index in [0.717, 1.165) is 12.0 Å². The Labute approximate surface area is 124 Å². The lowest BCUT2D eigenvalue weighted by molar-refractivity contribution is -0.126. The molecule has 0 radical (unpaired) electrons. The molecule has 1 aromatic carbocycles. The first-order valence-corrected chi connectivity index (χ1v) is 7.04. The van der Waals surface area contributed by atoms with Crippen LogP contribution in [0.15, 0.2) is 43.0 Å². The number of nitrogens with zero attached hydrogens (tertiary/aromatic N) is 3. The van der Waals surface area contributed by atoms with Crippen molar-refractivity contribution >= 4 is 5.91 Å². The van der Waals surface area contributed by atoms with Crippen molar-refractivity contribution < 1.29 is 9.53 Å². The third-order valence-corrected chi connectivity index (χ3v) is 3.09. The number of carbonyl (C=O) groups is 1. The first-order chi connectivity index (χ1) is 10.3. The molecule has 6 nitrogen and oxygen atoms in total. The monoisotopic (exact) mass is 288 g/mol. The Morgan fingerprint density at radius 3 is 2.86 bits per heavy atom. The van der Waals surface area contributed by atoms with Crippen LogP contribution in [0.2, 0.25) is 0 Å². The van der Waals surface area contributed by atoms with Gasteiger partial charge in [-0.15, -0.1) is 0 Å². The Morgan fingerprint density at radius 2 is 2.19 bits per heavy atom. The summed E-state index contributed by atoms with van der Waals surface area (Å²) in [6, 6.07) is 9.84. The summed E-state index contributed by atoms with van der Waals surface area (Å²) in [5.41, 5.74) is 1.07. The van der Waals surface area contributed by atoms with E-state index in [1.54, 1.807) is 11.0 Å². The Bertz CT molecular complexity index is 528. The van der Waals surface area contributed by atoms with E-state index < -0.39 is 0 Å². The van der Waals surface area contributed by atoms with Gasteiger partial charge in [-0.05, 0) is 18.9 Å². The van der Waals surface area contributed by atoms with Gasteiger partial charge in [0.15, 0.2) is 0 Å². The lowest BCUT2D eigenvalue weighted by Crippen LogP contribution is -2.32. The second-order valence-corrected chi connectivity index (χ2v) is 4.62. The molecule has 21 heavy (non-hydrogen) atoms. The van der Waals surface area contributed by atoms with Gasteiger partial charge in [0.1, 0.15) is 19.3 Å². The van der Waals surface area contributed by atoms with Crippen molar-refractivity contribution in [1.29, 1.82) is 0 Å². The number of carbonyl (C=O) groups excluding carboxylic acids is 1. The van der Waals surface area contributed by atoms with Crippen LogP contribution in [0, 0.1) is 0 Å². The minimum absolute atomic E-state index is 0.0663. The van der Waals surface area contributed by atoms with E-state index in [2.05, 4.69) is 15.4 Å². The third-order valence-electron chi connectivity index (χ3n) is 3.09. The topological polar surface area (TPSA) is 69.0 Å². The summed E-state index contributed by atoms with van der Waals surface area (Å²) in [4.78, 5) is 15.8. The summed E-state index contributed by atoms with van der Waals surface area (Å²) in [6.07, 6.45) is 3.92. The van der Waals surface area contributed by atoms with E-state index in [9.17, 15) is 4.79 Å². The summed E-state index contributed by atoms with van der Waals surface area (Å²) in [5.74, 6) is -0.107. The quantitative estimate of drug-likeness (QED) is 0.800. The second-order valence-electron chi connectivity index (χ2n) is 4.62. The lowest BCUT2D eigenvalue weighted by Gasteiger charge is -2.19. The molecular formula is C15H20N4O2. The summed E-state index contributed by atoms with van der Waals surface area (Å²) in [5, 5.41) is 7.08. The van der Waals surface area contributed by atoms with Crippen molar-refractivity contribution in [3.05, 3.63) is 48.5 Å². The van der Waals surface area contributed by atoms with E-state index in [4.69, 9.17) is 4.74 Å². The summed E-state index contributed by atoms with van der Waals surface area (Å²) in [7, 11) is 0. The zero-order valence-corrected chi connectivity index (χ0v) is 12.1. The zero-order valence-electron chi connectivity index (χ0n) is 12.1. The fraction of sp³-hybridized carbons (Fsp3) is 0.400. The molecular weight excluding hydrogens is 268 g/mol. The van der Waals surface area contributed by atoms with E-state index in [1.807, 2.05) is 37.3 Å². The molecule has 0 fully saturated rings. The number of hydrogen-bond acceptors (Lipinski definition) is 4. The maximum Gasteiger partial charge on any atom is 0.246 e. The molecule has 0 saturated carbocycles. The smallest absolute Gasteiger partial charge is 0.246 e. The van der Waals surface area contributed by atoms with Gasteiger partial charge in [0.25, 0.3) is 0 Å². The number of aryl methyl sites for hydroxylation is 1. The van der Waals surface area contributed by atoms with Crippen molar-refractivity contribution in [2.24, 2.45) is 0 Å². The number of amides is 1. The fourth-order valence-electron chi connectivity index (χ4n) is 2.05. The van der Waals surface area contributed by atoms with Crippen LogP contribution in [0.1, 0.15) is 24.9 Å². The van der Waals surface area contributed by atoms with Crippen LogP contribution in [-0.2, 0) is 16.1 Å². The Kier molecular flexibility index (Phi) is 5.90. The maximum atomic E-state index is 11.9. The molecule has 0 saturated heterocycles. The van der Waals surface area contributed by atoms with Crippen LogP contribution < -0.4 is 5.32 Å². The molecule has 0 aliphatic carbocycles. The summed E-state index contributed by atoms with van der Waals surface area (Å²) < 4.78 is 6.90. The van der Waals surface area contributed by atoms with E-state index >= 15 is 0 Å². The average molecular weight is 288 g/mol. The van der Waals surface area contributed by atoms with Crippen LogP contribution in [0.4, 0.5) is 0 Å². The number of aromatic nitrogens is 3. The number of nitrogens with one attached hydrogen (secondary N) is 1. The molecule has 1 amide bonds. The molecule has 1 heterocycles. The summed E-state index contributed by atoms with van der Waals surface area (Å²) >= 11 is 0. The van der Waals surface area contributed by atoms with Crippen molar-refractivity contribution in [1.82, 2.24) is 20.1 Å². The zero-order chi connectivity index (χ0) is 14.9. The van der Waals surface area contributed by atoms with Gasteiger partial charge in [-0.1, -0.05) is 30.3 Å². The first kappa shape index (κ1) is 15.2. The van der Waals surface area contributed by atoms with Crippen LogP contribution in [0.3, 0.4) is 0 Å². The third kappa shape index (κ3) is 5.00. The number of benzene rings is 1. The molecule has 6 heteroatoms. The highest BCUT2D eigenvalue weighted by atomic mass is 16.5. The normalized spacial score (nSPS) is 12.0. The maximum absolute atomic E-state index is 11.9. The molecule has 1 N–H and O–H groups in total. The molecule has 1 atom stereocenters. The number of rotatable bonds is 8. The van der Waals surface area contributed by atoms with Gasteiger partial charge in [0.2, 0.25) is 5.91 Å². The molecule has 2 rings (SSSR count). The Hall–Kier alpha value is -2.21. The van der Waals surface area contributed by atoms with Crippen molar-refractivity contribution in [2.45, 2.75) is 25.9 Å². The number of ether oxygens (including phenoxy) is 1. The van der Waals surface area contributed by atoms with Crippen molar-refractivity contribution in [3.8, 4) is 0 Å². The first-order valence-electron chi connectivity index (χ1n) is 7.04. The van der Waals surface area contributed by atoms with Crippen LogP contribution in [-0.4, -0.2) is 33.9 Å². The molecule has 0 unspecified atom stereocenters. The van der Waals surface area contributed by atoms with E-state index in [-0.39, 0.29) is 18.6 Å². The highest BCUT2D eigenvalue weighted by molar-refractivity contribution is 5.77. The minimum atomic E-state index is -0.107. The molecule has 0 aliphatic rings. The van der Waals surface area contributed by atoms with Crippen LogP contribution in [0.25, 0.3) is 0 Å². The molecule has 1 aromatic heterocycles. The van der Waals surface area contributed by atoms with Gasteiger partial charge in [-0.3, -0.25) is 9.48 Å². The lowest BCUT2D eigenvalue weighted by atomic mass is 10.0. The molecule has 112 valence electrons. The Morgan fingerprint density at radius 1 is 1.38 bits per heavy atom. The van der Waals surface area contributed by atoms with Gasteiger partial charge in [-0.25, -0.2) is 4.98 Å². The standard InChI is InChI=1S/C15H20N4O2/c1-2-21-10-15(20)18-14(13-6-4-3-5-7-13)8-9-19-12-16-11-17-19/h3-7,11-12,14H,2,8-10H2,1H3,(H,18,20)/t14-/m0/s1. The fourth-order valence-corrected chi connectivity index (χ4v) is 2.05.